The van der Waals surface area contributed by atoms with Crippen LogP contribution >= 0.6 is 0 Å². The van der Waals surface area contributed by atoms with Crippen molar-refractivity contribution in [2.75, 3.05) is 0 Å². The lowest BCUT2D eigenvalue weighted by Gasteiger charge is -1.96. The van der Waals surface area contributed by atoms with Gasteiger partial charge in [-0.1, -0.05) is 32.3 Å². The number of hydrogen-bond donors (Lipinski definition) is 1. The molecule has 1 N–H and O–H groups in total. The number of nitrogens with zero attached hydrogens (tertiary/aromatic N) is 4. The molecule has 1 rings (SSSR count). The number of unbranched alkanes of at least 4 members (excludes halogenated alkanes) is 3. The van der Waals surface area contributed by atoms with Crippen molar-refractivity contribution in [1.82, 2.24) is 14.8 Å². The van der Waals surface area contributed by atoms with Crippen molar-refractivity contribution in [3.05, 3.63) is 27.6 Å². The second-order valence-electron chi connectivity index (χ2n) is 3.97. The van der Waals surface area contributed by atoms with Crippen LogP contribution in [-0.2, 0) is 6.42 Å². The lowest BCUT2D eigenvalue weighted by Crippen LogP contribution is -2.17. The molecule has 0 aromatic carbocycles. The number of rotatable bonds is 7. The van der Waals surface area contributed by atoms with Gasteiger partial charge < -0.3 is 0 Å². The highest BCUT2D eigenvalue weighted by molar-refractivity contribution is 5.17. The SMILES string of the molecule is C/C=C/n1[nH]c(CCCCCC)n/c1=N\[N+](=O)[O-]. The van der Waals surface area contributed by atoms with E-state index < -0.39 is 5.03 Å². The fourth-order valence-electron chi connectivity index (χ4n) is 1.62. The molecule has 0 aliphatic carbocycles. The molecule has 1 aromatic heterocycles. The molecular formula is C11H19N5O2. The standard InChI is InChI=1S/C11H19N5O2/c1-3-5-6-7-8-10-12-11(14-16(17)18)15(13-10)9-4-2/h4,9H,3,5-8H2,1-2H3,(H,12,13,14)/b9-4+. The van der Waals surface area contributed by atoms with Gasteiger partial charge in [-0.15, -0.1) is 0 Å². The zero-order chi connectivity index (χ0) is 13.4. The van der Waals surface area contributed by atoms with E-state index in [-0.39, 0.29) is 5.62 Å². The zero-order valence-electron chi connectivity index (χ0n) is 10.8. The first-order valence-electron chi connectivity index (χ1n) is 6.16. The van der Waals surface area contributed by atoms with Crippen molar-refractivity contribution in [2.45, 2.75) is 46.0 Å². The van der Waals surface area contributed by atoms with Gasteiger partial charge in [0, 0.05) is 12.6 Å². The molecule has 7 nitrogen and oxygen atoms in total. The summed E-state index contributed by atoms with van der Waals surface area (Å²) >= 11 is 0. The smallest absolute Gasteiger partial charge is 0.278 e. The van der Waals surface area contributed by atoms with E-state index in [2.05, 4.69) is 22.1 Å². The molecule has 0 spiro atoms. The van der Waals surface area contributed by atoms with Crippen molar-refractivity contribution in [1.29, 1.82) is 0 Å². The Kier molecular flexibility index (Phi) is 5.83. The lowest BCUT2D eigenvalue weighted by molar-refractivity contribution is -0.491. The summed E-state index contributed by atoms with van der Waals surface area (Å²) in [5.41, 5.74) is 0.0728. The van der Waals surface area contributed by atoms with E-state index in [1.807, 2.05) is 6.92 Å². The van der Waals surface area contributed by atoms with Crippen LogP contribution in [0.1, 0.15) is 45.4 Å². The first-order valence-corrected chi connectivity index (χ1v) is 6.16. The molecule has 0 amide bonds. The van der Waals surface area contributed by atoms with Gasteiger partial charge in [-0.2, -0.15) is 4.98 Å². The van der Waals surface area contributed by atoms with Crippen molar-refractivity contribution in [3.63, 3.8) is 0 Å². The van der Waals surface area contributed by atoms with Crippen LogP contribution in [0, 0.1) is 10.1 Å². The number of nitrogens with one attached hydrogen (secondary N) is 1. The summed E-state index contributed by atoms with van der Waals surface area (Å²) < 4.78 is 1.46. The maximum atomic E-state index is 10.4. The maximum Gasteiger partial charge on any atom is 0.322 e. The van der Waals surface area contributed by atoms with E-state index in [1.165, 1.54) is 17.5 Å². The topological polar surface area (TPSA) is 89.1 Å². The van der Waals surface area contributed by atoms with Gasteiger partial charge in [-0.05, 0) is 13.3 Å². The Morgan fingerprint density at radius 2 is 2.28 bits per heavy atom. The van der Waals surface area contributed by atoms with Gasteiger partial charge in [0.2, 0.25) is 0 Å². The van der Waals surface area contributed by atoms with Crippen LogP contribution in [-0.4, -0.2) is 19.8 Å². The fraction of sp³-hybridized carbons (Fsp3) is 0.636. The van der Waals surface area contributed by atoms with Crippen molar-refractivity contribution in [2.24, 2.45) is 5.10 Å². The molecule has 0 saturated carbocycles. The molecule has 0 saturated heterocycles. The fourth-order valence-corrected chi connectivity index (χ4v) is 1.62. The molecule has 0 atom stereocenters. The second-order valence-corrected chi connectivity index (χ2v) is 3.97. The number of H-pyrrole nitrogens is 1. The predicted molar refractivity (Wildman–Crippen MR) is 68.0 cm³/mol. The molecule has 18 heavy (non-hydrogen) atoms. The first kappa shape index (κ1) is 14.1. The molecule has 0 aliphatic rings. The minimum atomic E-state index is -0.739. The summed E-state index contributed by atoms with van der Waals surface area (Å²) in [5.74, 6) is 0.727. The Labute approximate surface area is 105 Å². The average molecular weight is 253 g/mol. The van der Waals surface area contributed by atoms with Gasteiger partial charge in [0.25, 0.3) is 0 Å². The Balaban J connectivity index is 2.79. The minimum Gasteiger partial charge on any atom is -0.278 e. The monoisotopic (exact) mass is 253 g/mol. The molecule has 0 unspecified atom stereocenters. The van der Waals surface area contributed by atoms with Crippen LogP contribution in [0.3, 0.4) is 0 Å². The Morgan fingerprint density at radius 1 is 1.50 bits per heavy atom. The Hall–Kier alpha value is -1.92. The molecule has 0 radical (unpaired) electrons. The van der Waals surface area contributed by atoms with E-state index in [4.69, 9.17) is 0 Å². The van der Waals surface area contributed by atoms with Gasteiger partial charge >= 0.3 is 5.62 Å². The normalized spacial score (nSPS) is 12.4. The van der Waals surface area contributed by atoms with E-state index in [0.717, 1.165) is 25.1 Å². The zero-order valence-corrected chi connectivity index (χ0v) is 10.8. The first-order chi connectivity index (χ1) is 8.67. The summed E-state index contributed by atoms with van der Waals surface area (Å²) in [5, 5.41) is 15.9. The van der Waals surface area contributed by atoms with Crippen LogP contribution in [0.5, 0.6) is 0 Å². The summed E-state index contributed by atoms with van der Waals surface area (Å²) in [7, 11) is 0. The molecule has 0 aliphatic heterocycles. The van der Waals surface area contributed by atoms with Crippen LogP contribution in [0.4, 0.5) is 0 Å². The quantitative estimate of drug-likeness (QED) is 0.457. The third-order valence-electron chi connectivity index (χ3n) is 2.44. The number of hydrogen-bond acceptors (Lipinski definition) is 3. The van der Waals surface area contributed by atoms with E-state index in [1.54, 1.807) is 12.3 Å². The Morgan fingerprint density at radius 3 is 2.89 bits per heavy atom. The number of aromatic nitrogens is 3. The highest BCUT2D eigenvalue weighted by atomic mass is 16.7. The van der Waals surface area contributed by atoms with Gasteiger partial charge in [0.1, 0.15) is 10.9 Å². The highest BCUT2D eigenvalue weighted by Gasteiger charge is 2.04. The summed E-state index contributed by atoms with van der Waals surface area (Å²) in [6, 6.07) is 0. The van der Waals surface area contributed by atoms with E-state index in [0.29, 0.717) is 0 Å². The predicted octanol–water partition coefficient (Wildman–Crippen LogP) is 1.92. The molecule has 7 heteroatoms. The second kappa shape index (κ2) is 7.41. The molecule has 0 bridgehead atoms. The summed E-state index contributed by atoms with van der Waals surface area (Å²) in [4.78, 5) is 14.5. The minimum absolute atomic E-state index is 0.0728. The summed E-state index contributed by atoms with van der Waals surface area (Å²) in [6.07, 6.45) is 8.74. The third-order valence-corrected chi connectivity index (χ3v) is 2.44. The van der Waals surface area contributed by atoms with E-state index >= 15 is 0 Å². The molecule has 100 valence electrons. The van der Waals surface area contributed by atoms with Crippen LogP contribution < -0.4 is 5.62 Å². The summed E-state index contributed by atoms with van der Waals surface area (Å²) in [6.45, 7) is 3.98. The van der Waals surface area contributed by atoms with Gasteiger partial charge in [0.05, 0.1) is 0 Å². The van der Waals surface area contributed by atoms with Crippen LogP contribution in [0.15, 0.2) is 11.2 Å². The number of aromatic amines is 1. The van der Waals surface area contributed by atoms with Crippen molar-refractivity contribution in [3.8, 4) is 0 Å². The largest absolute Gasteiger partial charge is 0.322 e. The lowest BCUT2D eigenvalue weighted by atomic mass is 10.1. The number of aryl methyl sites for hydroxylation is 1. The maximum absolute atomic E-state index is 10.4. The van der Waals surface area contributed by atoms with Gasteiger partial charge in [-0.25, -0.2) is 14.8 Å². The molecule has 1 aromatic rings. The van der Waals surface area contributed by atoms with Crippen molar-refractivity contribution >= 4 is 6.20 Å². The van der Waals surface area contributed by atoms with Crippen LogP contribution in [0.2, 0.25) is 0 Å². The molecule has 1 heterocycles. The molecule has 0 fully saturated rings. The molecular weight excluding hydrogens is 234 g/mol. The average Bonchev–Trinajstić information content (AvgIpc) is 2.67. The Bertz CT molecular complexity index is 472. The van der Waals surface area contributed by atoms with Crippen LogP contribution in [0.25, 0.3) is 6.20 Å². The van der Waals surface area contributed by atoms with Gasteiger partial charge in [0.15, 0.2) is 5.03 Å². The number of nitro groups is 1. The van der Waals surface area contributed by atoms with Gasteiger partial charge in [-0.3, -0.25) is 5.10 Å². The van der Waals surface area contributed by atoms with E-state index in [9.17, 15) is 10.1 Å². The highest BCUT2D eigenvalue weighted by Crippen LogP contribution is 2.02. The number of allylic oxidation sites excluding steroid dienone is 1. The van der Waals surface area contributed by atoms with Crippen molar-refractivity contribution < 1.29 is 5.03 Å². The third kappa shape index (κ3) is 4.52.